The predicted octanol–water partition coefficient (Wildman–Crippen LogP) is 16.2. The first kappa shape index (κ1) is 34.1. The zero-order valence-electron chi connectivity index (χ0n) is 32.8. The lowest BCUT2D eigenvalue weighted by atomic mass is 9.96. The summed E-state index contributed by atoms with van der Waals surface area (Å²) in [5, 5.41) is 12.6. The van der Waals surface area contributed by atoms with Gasteiger partial charge in [-0.1, -0.05) is 182 Å². The maximum absolute atomic E-state index is 2.45. The van der Waals surface area contributed by atoms with Gasteiger partial charge in [0.15, 0.2) is 0 Å². The normalized spacial score (nSPS) is 11.7. The second-order valence-electron chi connectivity index (χ2n) is 15.7. The van der Waals surface area contributed by atoms with Crippen LogP contribution in [-0.2, 0) is 0 Å². The van der Waals surface area contributed by atoms with Gasteiger partial charge in [-0.3, -0.25) is 0 Å². The van der Waals surface area contributed by atoms with Gasteiger partial charge < -0.3 is 9.47 Å². The molecule has 12 rings (SSSR count). The standard InChI is InChI=1S/C58H38N2/c1-2-14-39(15-3-1)47-19-8-11-23-54(47)59(45-34-28-43-30-35-50-46-18-6-4-16-40(46)29-36-51(50)53(43)38-45)44-32-26-42(27-33-44)48-20-9-12-24-55(48)60-56-25-13-10-22-52(56)58-49-21-7-5-17-41(49)31-37-57(58)60/h1-38H. The molecule has 12 aromatic rings. The molecule has 280 valence electrons. The van der Waals surface area contributed by atoms with Gasteiger partial charge >= 0.3 is 0 Å². The first-order valence-electron chi connectivity index (χ1n) is 20.7. The van der Waals surface area contributed by atoms with Gasteiger partial charge in [0.2, 0.25) is 0 Å². The van der Waals surface area contributed by atoms with Gasteiger partial charge in [-0.15, -0.1) is 0 Å². The number of anilines is 3. The highest BCUT2D eigenvalue weighted by Crippen LogP contribution is 2.44. The van der Waals surface area contributed by atoms with Crippen LogP contribution in [0.4, 0.5) is 17.1 Å². The van der Waals surface area contributed by atoms with Gasteiger partial charge in [0, 0.05) is 33.3 Å². The minimum absolute atomic E-state index is 1.09. The first-order valence-corrected chi connectivity index (χ1v) is 20.7. The van der Waals surface area contributed by atoms with Crippen LogP contribution in [0, 0.1) is 0 Å². The molecule has 0 unspecified atom stereocenters. The largest absolute Gasteiger partial charge is 0.310 e. The zero-order chi connectivity index (χ0) is 39.6. The Hall–Kier alpha value is -7.94. The van der Waals surface area contributed by atoms with Crippen LogP contribution in [0.25, 0.3) is 92.8 Å². The summed E-state index contributed by atoms with van der Waals surface area (Å²) in [5.74, 6) is 0. The summed E-state index contributed by atoms with van der Waals surface area (Å²) >= 11 is 0. The molecule has 0 radical (unpaired) electrons. The molecule has 0 saturated carbocycles. The molecule has 0 spiro atoms. The van der Waals surface area contributed by atoms with Gasteiger partial charge in [-0.2, -0.15) is 0 Å². The Kier molecular flexibility index (Phi) is 7.89. The summed E-state index contributed by atoms with van der Waals surface area (Å²) in [6, 6.07) is 84.3. The third kappa shape index (κ3) is 5.42. The monoisotopic (exact) mass is 762 g/mol. The maximum Gasteiger partial charge on any atom is 0.0547 e. The van der Waals surface area contributed by atoms with E-state index in [1.165, 1.54) is 81.6 Å². The highest BCUT2D eigenvalue weighted by Gasteiger charge is 2.20. The van der Waals surface area contributed by atoms with Crippen molar-refractivity contribution in [3.63, 3.8) is 0 Å². The Morgan fingerprint density at radius 2 is 0.850 bits per heavy atom. The van der Waals surface area contributed by atoms with Gasteiger partial charge in [0.25, 0.3) is 0 Å². The van der Waals surface area contributed by atoms with E-state index in [1.54, 1.807) is 0 Å². The Labute approximate surface area is 348 Å². The summed E-state index contributed by atoms with van der Waals surface area (Å²) < 4.78 is 2.45. The highest BCUT2D eigenvalue weighted by molar-refractivity contribution is 6.22. The third-order valence-electron chi connectivity index (χ3n) is 12.4. The van der Waals surface area contributed by atoms with E-state index in [1.807, 2.05) is 0 Å². The van der Waals surface area contributed by atoms with E-state index < -0.39 is 0 Å². The fourth-order valence-corrected chi connectivity index (χ4v) is 9.60. The van der Waals surface area contributed by atoms with Crippen molar-refractivity contribution in [1.82, 2.24) is 4.57 Å². The van der Waals surface area contributed by atoms with Crippen molar-refractivity contribution >= 4 is 82.0 Å². The molecule has 0 aliphatic carbocycles. The van der Waals surface area contributed by atoms with Crippen molar-refractivity contribution in [2.75, 3.05) is 4.90 Å². The first-order chi connectivity index (χ1) is 29.8. The number of hydrogen-bond donors (Lipinski definition) is 0. The SMILES string of the molecule is c1ccc(-c2ccccc2N(c2ccc(-c3ccccc3-n3c4ccccc4c4c5ccccc5ccc43)cc2)c2ccc3ccc4c5ccccc5ccc4c3c2)cc1. The van der Waals surface area contributed by atoms with E-state index in [0.29, 0.717) is 0 Å². The van der Waals surface area contributed by atoms with Crippen LogP contribution in [0.5, 0.6) is 0 Å². The lowest BCUT2D eigenvalue weighted by Gasteiger charge is -2.28. The van der Waals surface area contributed by atoms with Crippen LogP contribution in [0.3, 0.4) is 0 Å². The third-order valence-corrected chi connectivity index (χ3v) is 12.4. The van der Waals surface area contributed by atoms with Crippen molar-refractivity contribution < 1.29 is 0 Å². The molecule has 0 aliphatic rings. The molecule has 0 amide bonds. The van der Waals surface area contributed by atoms with Crippen LogP contribution in [0.1, 0.15) is 0 Å². The molecule has 0 N–H and O–H groups in total. The maximum atomic E-state index is 2.45. The van der Waals surface area contributed by atoms with Gasteiger partial charge in [0.05, 0.1) is 22.4 Å². The minimum atomic E-state index is 1.09. The van der Waals surface area contributed by atoms with Crippen LogP contribution in [-0.4, -0.2) is 4.57 Å². The quantitative estimate of drug-likeness (QED) is 0.153. The van der Waals surface area contributed by atoms with E-state index in [-0.39, 0.29) is 0 Å². The molecular formula is C58H38N2. The van der Waals surface area contributed by atoms with E-state index in [4.69, 9.17) is 0 Å². The van der Waals surface area contributed by atoms with Gasteiger partial charge in [-0.05, 0) is 103 Å². The lowest BCUT2D eigenvalue weighted by molar-refractivity contribution is 1.18. The van der Waals surface area contributed by atoms with Crippen LogP contribution < -0.4 is 4.90 Å². The minimum Gasteiger partial charge on any atom is -0.310 e. The molecule has 0 fully saturated rings. The number of para-hydroxylation sites is 3. The van der Waals surface area contributed by atoms with E-state index in [9.17, 15) is 0 Å². The fraction of sp³-hybridized carbons (Fsp3) is 0. The number of rotatable bonds is 6. The van der Waals surface area contributed by atoms with E-state index >= 15 is 0 Å². The van der Waals surface area contributed by atoms with Crippen molar-refractivity contribution in [2.45, 2.75) is 0 Å². The Morgan fingerprint density at radius 1 is 0.300 bits per heavy atom. The summed E-state index contributed by atoms with van der Waals surface area (Å²) in [6.45, 7) is 0. The average Bonchev–Trinajstić information content (AvgIpc) is 3.67. The molecule has 0 saturated heterocycles. The smallest absolute Gasteiger partial charge is 0.0547 e. The fourth-order valence-electron chi connectivity index (χ4n) is 9.60. The molecule has 0 atom stereocenters. The Balaban J connectivity index is 1.04. The topological polar surface area (TPSA) is 8.17 Å². The molecule has 60 heavy (non-hydrogen) atoms. The predicted molar refractivity (Wildman–Crippen MR) is 256 cm³/mol. The van der Waals surface area contributed by atoms with Gasteiger partial charge in [0.1, 0.15) is 0 Å². The van der Waals surface area contributed by atoms with Crippen LogP contribution in [0.15, 0.2) is 231 Å². The molecular weight excluding hydrogens is 725 g/mol. The second kappa shape index (κ2) is 13.9. The van der Waals surface area contributed by atoms with Crippen molar-refractivity contribution in [2.24, 2.45) is 0 Å². The zero-order valence-corrected chi connectivity index (χ0v) is 32.8. The molecule has 1 aromatic heterocycles. The number of aromatic nitrogens is 1. The molecule has 11 aromatic carbocycles. The molecule has 0 bridgehead atoms. The summed E-state index contributed by atoms with van der Waals surface area (Å²) in [7, 11) is 0. The van der Waals surface area contributed by atoms with Gasteiger partial charge in [-0.25, -0.2) is 0 Å². The Morgan fingerprint density at radius 3 is 1.67 bits per heavy atom. The Bertz CT molecular complexity index is 3600. The average molecular weight is 763 g/mol. The van der Waals surface area contributed by atoms with E-state index in [0.717, 1.165) is 28.3 Å². The summed E-state index contributed by atoms with van der Waals surface area (Å²) in [5.41, 5.74) is 11.6. The van der Waals surface area contributed by atoms with Crippen LogP contribution >= 0.6 is 0 Å². The number of fused-ring (bicyclic) bond motifs is 10. The second-order valence-corrected chi connectivity index (χ2v) is 15.7. The summed E-state index contributed by atoms with van der Waals surface area (Å²) in [6.07, 6.45) is 0. The molecule has 2 heteroatoms. The number of hydrogen-bond acceptors (Lipinski definition) is 1. The molecule has 0 aliphatic heterocycles. The lowest BCUT2D eigenvalue weighted by Crippen LogP contribution is -2.11. The van der Waals surface area contributed by atoms with Crippen molar-refractivity contribution in [1.29, 1.82) is 0 Å². The van der Waals surface area contributed by atoms with Crippen LogP contribution in [0.2, 0.25) is 0 Å². The van der Waals surface area contributed by atoms with Crippen molar-refractivity contribution in [3.05, 3.63) is 231 Å². The molecule has 2 nitrogen and oxygen atoms in total. The van der Waals surface area contributed by atoms with E-state index in [2.05, 4.69) is 240 Å². The summed E-state index contributed by atoms with van der Waals surface area (Å²) in [4.78, 5) is 2.43. The number of nitrogens with zero attached hydrogens (tertiary/aromatic N) is 2. The number of benzene rings is 11. The molecule has 1 heterocycles. The highest BCUT2D eigenvalue weighted by atomic mass is 15.1. The van der Waals surface area contributed by atoms with Crippen molar-refractivity contribution in [3.8, 4) is 27.9 Å².